The lowest BCUT2D eigenvalue weighted by Crippen LogP contribution is -2.37. The van der Waals surface area contributed by atoms with Crippen LogP contribution >= 0.6 is 23.2 Å². The van der Waals surface area contributed by atoms with Gasteiger partial charge in [0.05, 0.1) is 17.3 Å². The molecule has 0 bridgehead atoms. The van der Waals surface area contributed by atoms with Crippen molar-refractivity contribution >= 4 is 34.8 Å². The third-order valence-electron chi connectivity index (χ3n) is 2.55. The highest BCUT2D eigenvalue weighted by Gasteiger charge is 2.11. The smallest absolute Gasteiger partial charge is 0.238 e. The third kappa shape index (κ3) is 5.78. The molecule has 0 aliphatic rings. The zero-order valence-corrected chi connectivity index (χ0v) is 12.5. The van der Waals surface area contributed by atoms with E-state index in [1.54, 1.807) is 18.2 Å². The van der Waals surface area contributed by atoms with E-state index in [-0.39, 0.29) is 5.91 Å². The van der Waals surface area contributed by atoms with E-state index in [1.807, 2.05) is 4.90 Å². The molecule has 6 heteroatoms. The predicted molar refractivity (Wildman–Crippen MR) is 80.9 cm³/mol. The van der Waals surface area contributed by atoms with Gasteiger partial charge in [-0.15, -0.1) is 0 Å². The summed E-state index contributed by atoms with van der Waals surface area (Å²) >= 11 is 11.9. The van der Waals surface area contributed by atoms with Crippen LogP contribution < -0.4 is 11.1 Å². The fourth-order valence-corrected chi connectivity index (χ4v) is 2.09. The van der Waals surface area contributed by atoms with E-state index in [4.69, 9.17) is 28.9 Å². The van der Waals surface area contributed by atoms with Crippen molar-refractivity contribution in [3.8, 4) is 0 Å². The molecular formula is C13H19Cl2N3O. The number of nitrogens with one attached hydrogen (secondary N) is 1. The number of carbonyl (C=O) groups excluding carboxylic acids is 1. The van der Waals surface area contributed by atoms with Gasteiger partial charge in [0.1, 0.15) is 0 Å². The number of halogens is 2. The average Bonchev–Trinajstić information content (AvgIpc) is 2.34. The molecule has 0 aliphatic carbocycles. The van der Waals surface area contributed by atoms with E-state index in [1.165, 1.54) is 0 Å². The molecule has 0 heterocycles. The molecule has 1 aromatic carbocycles. The van der Waals surface area contributed by atoms with Crippen molar-refractivity contribution in [2.75, 3.05) is 31.5 Å². The molecular weight excluding hydrogens is 285 g/mol. The first-order valence-corrected chi connectivity index (χ1v) is 6.99. The molecule has 0 radical (unpaired) electrons. The van der Waals surface area contributed by atoms with Gasteiger partial charge < -0.3 is 11.1 Å². The van der Waals surface area contributed by atoms with E-state index < -0.39 is 0 Å². The molecule has 1 aromatic rings. The van der Waals surface area contributed by atoms with E-state index in [0.717, 1.165) is 13.0 Å². The van der Waals surface area contributed by atoms with Crippen LogP contribution in [0.15, 0.2) is 18.2 Å². The molecule has 0 aromatic heterocycles. The minimum Gasteiger partial charge on any atom is -0.329 e. The molecule has 0 saturated heterocycles. The molecule has 0 fully saturated rings. The third-order valence-corrected chi connectivity index (χ3v) is 3.12. The maximum absolute atomic E-state index is 11.9. The quantitative estimate of drug-likeness (QED) is 0.814. The van der Waals surface area contributed by atoms with Crippen LogP contribution in [0.3, 0.4) is 0 Å². The van der Waals surface area contributed by atoms with Crippen LogP contribution in [0.2, 0.25) is 10.0 Å². The predicted octanol–water partition coefficient (Wildman–Crippen LogP) is 2.60. The number of nitrogens with zero attached hydrogens (tertiary/aromatic N) is 1. The molecule has 0 spiro atoms. The van der Waals surface area contributed by atoms with Gasteiger partial charge in [-0.05, 0) is 31.2 Å². The maximum Gasteiger partial charge on any atom is 0.238 e. The first kappa shape index (κ1) is 16.2. The normalized spacial score (nSPS) is 10.8. The molecule has 0 aliphatic heterocycles. The lowest BCUT2D eigenvalue weighted by molar-refractivity contribution is -0.117. The Kier molecular flexibility index (Phi) is 7.16. The number of rotatable bonds is 7. The van der Waals surface area contributed by atoms with Crippen LogP contribution in [0.5, 0.6) is 0 Å². The SMILES string of the molecule is CCCN(CCN)CC(=O)Nc1cc(Cl)ccc1Cl. The molecule has 1 rings (SSSR count). The van der Waals surface area contributed by atoms with Gasteiger partial charge in [0.25, 0.3) is 0 Å². The summed E-state index contributed by atoms with van der Waals surface area (Å²) in [5.41, 5.74) is 6.05. The molecule has 19 heavy (non-hydrogen) atoms. The number of hydrogen-bond donors (Lipinski definition) is 2. The van der Waals surface area contributed by atoms with Crippen LogP contribution in [0, 0.1) is 0 Å². The largest absolute Gasteiger partial charge is 0.329 e. The summed E-state index contributed by atoms with van der Waals surface area (Å²) in [4.78, 5) is 13.9. The maximum atomic E-state index is 11.9. The van der Waals surface area contributed by atoms with Crippen molar-refractivity contribution in [1.29, 1.82) is 0 Å². The Hall–Kier alpha value is -0.810. The van der Waals surface area contributed by atoms with Gasteiger partial charge in [-0.1, -0.05) is 30.1 Å². The first-order chi connectivity index (χ1) is 9.06. The second-order valence-corrected chi connectivity index (χ2v) is 5.08. The average molecular weight is 304 g/mol. The van der Waals surface area contributed by atoms with Crippen LogP contribution in [0.1, 0.15) is 13.3 Å². The molecule has 3 N–H and O–H groups in total. The molecule has 0 atom stereocenters. The van der Waals surface area contributed by atoms with Gasteiger partial charge in [-0.25, -0.2) is 0 Å². The number of hydrogen-bond acceptors (Lipinski definition) is 3. The number of carbonyl (C=O) groups is 1. The minimum absolute atomic E-state index is 0.119. The van der Waals surface area contributed by atoms with Crippen LogP contribution in [0.25, 0.3) is 0 Å². The van der Waals surface area contributed by atoms with Crippen molar-refractivity contribution in [3.63, 3.8) is 0 Å². The van der Waals surface area contributed by atoms with Crippen molar-refractivity contribution in [3.05, 3.63) is 28.2 Å². The standard InChI is InChI=1S/C13H19Cl2N3O/c1-2-6-18(7-5-16)9-13(19)17-12-8-10(14)3-4-11(12)15/h3-4,8H,2,5-7,9,16H2,1H3,(H,17,19). The Labute approximate surface area is 123 Å². The second-order valence-electron chi connectivity index (χ2n) is 4.24. The van der Waals surface area contributed by atoms with Crippen LogP contribution in [0.4, 0.5) is 5.69 Å². The number of nitrogens with two attached hydrogens (primary N) is 1. The van der Waals surface area contributed by atoms with Gasteiger partial charge in [-0.3, -0.25) is 9.69 Å². The number of amides is 1. The Morgan fingerprint density at radius 3 is 2.74 bits per heavy atom. The fourth-order valence-electron chi connectivity index (χ4n) is 1.75. The summed E-state index contributed by atoms with van der Waals surface area (Å²) in [5.74, 6) is -0.119. The highest BCUT2D eigenvalue weighted by atomic mass is 35.5. The first-order valence-electron chi connectivity index (χ1n) is 6.24. The zero-order valence-electron chi connectivity index (χ0n) is 11.0. The molecule has 0 saturated carbocycles. The van der Waals surface area contributed by atoms with Crippen LogP contribution in [-0.2, 0) is 4.79 Å². The Morgan fingerprint density at radius 2 is 2.11 bits per heavy atom. The second kappa shape index (κ2) is 8.38. The van der Waals surface area contributed by atoms with E-state index in [0.29, 0.717) is 35.4 Å². The number of benzene rings is 1. The van der Waals surface area contributed by atoms with Crippen molar-refractivity contribution in [2.24, 2.45) is 5.73 Å². The highest BCUT2D eigenvalue weighted by molar-refractivity contribution is 6.35. The molecule has 106 valence electrons. The minimum atomic E-state index is -0.119. The van der Waals surface area contributed by atoms with Crippen molar-refractivity contribution in [1.82, 2.24) is 4.90 Å². The molecule has 4 nitrogen and oxygen atoms in total. The Balaban J connectivity index is 2.60. The van der Waals surface area contributed by atoms with E-state index in [9.17, 15) is 4.79 Å². The lowest BCUT2D eigenvalue weighted by Gasteiger charge is -2.20. The zero-order chi connectivity index (χ0) is 14.3. The Morgan fingerprint density at radius 1 is 1.37 bits per heavy atom. The summed E-state index contributed by atoms with van der Waals surface area (Å²) in [6.07, 6.45) is 0.977. The van der Waals surface area contributed by atoms with E-state index in [2.05, 4.69) is 12.2 Å². The lowest BCUT2D eigenvalue weighted by atomic mass is 10.3. The van der Waals surface area contributed by atoms with Crippen LogP contribution in [-0.4, -0.2) is 37.0 Å². The number of anilines is 1. The summed E-state index contributed by atoms with van der Waals surface area (Å²) in [5, 5.41) is 3.77. The highest BCUT2D eigenvalue weighted by Crippen LogP contribution is 2.25. The van der Waals surface area contributed by atoms with Gasteiger partial charge in [-0.2, -0.15) is 0 Å². The topological polar surface area (TPSA) is 58.4 Å². The van der Waals surface area contributed by atoms with Gasteiger partial charge >= 0.3 is 0 Å². The van der Waals surface area contributed by atoms with E-state index >= 15 is 0 Å². The van der Waals surface area contributed by atoms with Crippen molar-refractivity contribution < 1.29 is 4.79 Å². The van der Waals surface area contributed by atoms with Crippen molar-refractivity contribution in [2.45, 2.75) is 13.3 Å². The Bertz CT molecular complexity index is 420. The molecule has 1 amide bonds. The monoisotopic (exact) mass is 303 g/mol. The summed E-state index contributed by atoms with van der Waals surface area (Å²) in [6, 6.07) is 4.97. The van der Waals surface area contributed by atoms with Gasteiger partial charge in [0, 0.05) is 18.1 Å². The van der Waals surface area contributed by atoms with Gasteiger partial charge in [0.2, 0.25) is 5.91 Å². The summed E-state index contributed by atoms with van der Waals surface area (Å²) < 4.78 is 0. The van der Waals surface area contributed by atoms with Gasteiger partial charge in [0.15, 0.2) is 0 Å². The fraction of sp³-hybridized carbons (Fsp3) is 0.462. The molecule has 0 unspecified atom stereocenters. The summed E-state index contributed by atoms with van der Waals surface area (Å²) in [6.45, 7) is 4.44. The summed E-state index contributed by atoms with van der Waals surface area (Å²) in [7, 11) is 0.